The van der Waals surface area contributed by atoms with Crippen LogP contribution in [0.4, 0.5) is 0 Å². The predicted octanol–water partition coefficient (Wildman–Crippen LogP) is 2.01. The van der Waals surface area contributed by atoms with Crippen LogP contribution >= 0.6 is 11.3 Å². The zero-order valence-electron chi connectivity index (χ0n) is 7.49. The van der Waals surface area contributed by atoms with Crippen LogP contribution in [0.3, 0.4) is 0 Å². The fourth-order valence-corrected chi connectivity index (χ4v) is 1.79. The van der Waals surface area contributed by atoms with Crippen molar-refractivity contribution >= 4 is 17.2 Å². The summed E-state index contributed by atoms with van der Waals surface area (Å²) in [6.45, 7) is 0.599. The van der Waals surface area contributed by atoms with Crippen LogP contribution in [-0.4, -0.2) is 10.9 Å². The largest absolute Gasteiger partial charge is 0.367 e. The van der Waals surface area contributed by atoms with E-state index in [-0.39, 0.29) is 5.91 Å². The molecule has 0 saturated heterocycles. The zero-order chi connectivity index (χ0) is 9.80. The topological polar surface area (TPSA) is 44.9 Å². The van der Waals surface area contributed by atoms with E-state index in [1.165, 1.54) is 0 Å². The zero-order valence-corrected chi connectivity index (χ0v) is 8.30. The molecule has 2 heterocycles. The molecule has 0 aromatic carbocycles. The van der Waals surface area contributed by atoms with Gasteiger partial charge in [-0.3, -0.25) is 4.79 Å². The highest BCUT2D eigenvalue weighted by Gasteiger charge is 2.04. The molecule has 0 spiro atoms. The molecule has 0 aliphatic carbocycles. The van der Waals surface area contributed by atoms with E-state index in [1.54, 1.807) is 29.8 Å². The molecule has 0 fully saturated rings. The first-order valence-corrected chi connectivity index (χ1v) is 5.17. The van der Waals surface area contributed by atoms with Crippen LogP contribution in [0.1, 0.15) is 15.2 Å². The number of amides is 1. The Morgan fingerprint density at radius 3 is 3.07 bits per heavy atom. The molecule has 0 radical (unpaired) electrons. The molecule has 0 aliphatic heterocycles. The van der Waals surface area contributed by atoms with Crippen molar-refractivity contribution in [2.75, 3.05) is 0 Å². The Bertz CT molecular complexity index is 392. The Labute approximate surface area is 85.8 Å². The van der Waals surface area contributed by atoms with Gasteiger partial charge in [-0.1, -0.05) is 6.07 Å². The number of rotatable bonds is 3. The van der Waals surface area contributed by atoms with E-state index in [9.17, 15) is 4.79 Å². The number of thiophene rings is 1. The quantitative estimate of drug-likeness (QED) is 0.792. The lowest BCUT2D eigenvalue weighted by Crippen LogP contribution is -2.21. The Hall–Kier alpha value is -1.55. The monoisotopic (exact) mass is 206 g/mol. The van der Waals surface area contributed by atoms with Crippen molar-refractivity contribution in [3.05, 3.63) is 46.4 Å². The molecular weight excluding hydrogens is 196 g/mol. The summed E-state index contributed by atoms with van der Waals surface area (Å²) in [5.41, 5.74) is 0.668. The van der Waals surface area contributed by atoms with Crippen molar-refractivity contribution in [3.63, 3.8) is 0 Å². The second-order valence-electron chi connectivity index (χ2n) is 2.86. The lowest BCUT2D eigenvalue weighted by Gasteiger charge is -2.00. The van der Waals surface area contributed by atoms with Crippen LogP contribution in [-0.2, 0) is 6.54 Å². The van der Waals surface area contributed by atoms with Crippen molar-refractivity contribution in [3.8, 4) is 0 Å². The van der Waals surface area contributed by atoms with Crippen molar-refractivity contribution in [1.29, 1.82) is 0 Å². The van der Waals surface area contributed by atoms with Crippen LogP contribution in [0.25, 0.3) is 0 Å². The average molecular weight is 206 g/mol. The highest BCUT2D eigenvalue weighted by atomic mass is 32.1. The maximum atomic E-state index is 11.5. The molecule has 1 amide bonds. The van der Waals surface area contributed by atoms with Crippen molar-refractivity contribution in [1.82, 2.24) is 10.3 Å². The van der Waals surface area contributed by atoms with E-state index < -0.39 is 0 Å². The van der Waals surface area contributed by atoms with Gasteiger partial charge in [0.15, 0.2) is 0 Å². The van der Waals surface area contributed by atoms with Crippen molar-refractivity contribution in [2.24, 2.45) is 0 Å². The molecule has 72 valence electrons. The molecule has 0 bridgehead atoms. The van der Waals surface area contributed by atoms with Gasteiger partial charge in [0.25, 0.3) is 5.91 Å². The van der Waals surface area contributed by atoms with E-state index in [0.29, 0.717) is 12.1 Å². The number of aromatic amines is 1. The molecular formula is C10H10N2OS. The van der Waals surface area contributed by atoms with Crippen LogP contribution in [0.2, 0.25) is 0 Å². The van der Waals surface area contributed by atoms with E-state index in [0.717, 1.165) is 4.88 Å². The first-order chi connectivity index (χ1) is 6.86. The van der Waals surface area contributed by atoms with Crippen LogP contribution in [0, 0.1) is 0 Å². The number of nitrogens with one attached hydrogen (secondary N) is 2. The molecule has 0 saturated carbocycles. The van der Waals surface area contributed by atoms with Gasteiger partial charge in [-0.2, -0.15) is 0 Å². The fourth-order valence-electron chi connectivity index (χ4n) is 1.15. The van der Waals surface area contributed by atoms with Gasteiger partial charge in [0, 0.05) is 17.3 Å². The minimum atomic E-state index is -0.0420. The van der Waals surface area contributed by atoms with Gasteiger partial charge < -0.3 is 10.3 Å². The molecule has 2 rings (SSSR count). The third-order valence-corrected chi connectivity index (χ3v) is 2.74. The lowest BCUT2D eigenvalue weighted by atomic mass is 10.3. The number of carbonyl (C=O) groups excluding carboxylic acids is 1. The molecule has 2 aromatic rings. The molecule has 0 atom stereocenters. The third-order valence-electron chi connectivity index (χ3n) is 1.86. The van der Waals surface area contributed by atoms with Gasteiger partial charge in [0.1, 0.15) is 0 Å². The molecule has 0 unspecified atom stereocenters. The maximum absolute atomic E-state index is 11.5. The van der Waals surface area contributed by atoms with E-state index in [2.05, 4.69) is 10.3 Å². The summed E-state index contributed by atoms with van der Waals surface area (Å²) in [7, 11) is 0. The Morgan fingerprint density at radius 2 is 2.43 bits per heavy atom. The van der Waals surface area contributed by atoms with E-state index in [1.807, 2.05) is 17.5 Å². The number of hydrogen-bond donors (Lipinski definition) is 2. The normalized spacial score (nSPS) is 10.0. The Balaban J connectivity index is 1.90. The second kappa shape index (κ2) is 4.11. The van der Waals surface area contributed by atoms with Gasteiger partial charge in [-0.15, -0.1) is 11.3 Å². The van der Waals surface area contributed by atoms with Crippen LogP contribution in [0.15, 0.2) is 36.0 Å². The Morgan fingerprint density at radius 1 is 1.50 bits per heavy atom. The van der Waals surface area contributed by atoms with Crippen LogP contribution < -0.4 is 5.32 Å². The molecule has 2 N–H and O–H groups in total. The summed E-state index contributed by atoms with van der Waals surface area (Å²) in [6.07, 6.45) is 3.42. The van der Waals surface area contributed by atoms with Gasteiger partial charge in [0.05, 0.1) is 12.1 Å². The molecule has 14 heavy (non-hydrogen) atoms. The summed E-state index contributed by atoms with van der Waals surface area (Å²) in [6, 6.07) is 5.73. The molecule has 3 nitrogen and oxygen atoms in total. The number of carbonyl (C=O) groups is 1. The highest BCUT2D eigenvalue weighted by molar-refractivity contribution is 7.09. The minimum absolute atomic E-state index is 0.0420. The van der Waals surface area contributed by atoms with Crippen LogP contribution in [0.5, 0.6) is 0 Å². The van der Waals surface area contributed by atoms with E-state index >= 15 is 0 Å². The van der Waals surface area contributed by atoms with Crippen molar-refractivity contribution in [2.45, 2.75) is 6.54 Å². The SMILES string of the molecule is O=C(NCc1cccs1)c1cc[nH]c1. The first-order valence-electron chi connectivity index (χ1n) is 4.29. The van der Waals surface area contributed by atoms with Crippen molar-refractivity contribution < 1.29 is 4.79 Å². The third kappa shape index (κ3) is 2.03. The predicted molar refractivity (Wildman–Crippen MR) is 56.3 cm³/mol. The van der Waals surface area contributed by atoms with Gasteiger partial charge >= 0.3 is 0 Å². The molecule has 4 heteroatoms. The average Bonchev–Trinajstić information content (AvgIpc) is 2.87. The number of aromatic nitrogens is 1. The molecule has 0 aliphatic rings. The summed E-state index contributed by atoms with van der Waals surface area (Å²) < 4.78 is 0. The summed E-state index contributed by atoms with van der Waals surface area (Å²) >= 11 is 1.64. The maximum Gasteiger partial charge on any atom is 0.253 e. The fraction of sp³-hybridized carbons (Fsp3) is 0.100. The minimum Gasteiger partial charge on any atom is -0.367 e. The van der Waals surface area contributed by atoms with Gasteiger partial charge in [-0.05, 0) is 17.5 Å². The first kappa shape index (κ1) is 9.02. The standard InChI is InChI=1S/C10H10N2OS/c13-10(8-3-4-11-6-8)12-7-9-2-1-5-14-9/h1-6,11H,7H2,(H,12,13). The highest BCUT2D eigenvalue weighted by Crippen LogP contribution is 2.07. The number of H-pyrrole nitrogens is 1. The summed E-state index contributed by atoms with van der Waals surface area (Å²) in [5, 5.41) is 4.84. The summed E-state index contributed by atoms with van der Waals surface area (Å²) in [5.74, 6) is -0.0420. The number of hydrogen-bond acceptors (Lipinski definition) is 2. The van der Waals surface area contributed by atoms with Gasteiger partial charge in [-0.25, -0.2) is 0 Å². The smallest absolute Gasteiger partial charge is 0.253 e. The lowest BCUT2D eigenvalue weighted by molar-refractivity contribution is 0.0951. The summed E-state index contributed by atoms with van der Waals surface area (Å²) in [4.78, 5) is 15.5. The second-order valence-corrected chi connectivity index (χ2v) is 3.89. The van der Waals surface area contributed by atoms with Gasteiger partial charge in [0.2, 0.25) is 0 Å². The molecule has 2 aromatic heterocycles. The Kier molecular flexibility index (Phi) is 2.65. The van der Waals surface area contributed by atoms with E-state index in [4.69, 9.17) is 0 Å².